The summed E-state index contributed by atoms with van der Waals surface area (Å²) in [5.41, 5.74) is 4.46. The van der Waals surface area contributed by atoms with Gasteiger partial charge in [-0.05, 0) is 48.9 Å². The quantitative estimate of drug-likeness (QED) is 0.699. The number of benzene rings is 1. The Labute approximate surface area is 158 Å². The summed E-state index contributed by atoms with van der Waals surface area (Å²) in [4.78, 5) is 15.1. The van der Waals surface area contributed by atoms with Gasteiger partial charge in [-0.25, -0.2) is 0 Å². The van der Waals surface area contributed by atoms with E-state index in [4.69, 9.17) is 4.42 Å². The van der Waals surface area contributed by atoms with Crippen molar-refractivity contribution < 1.29 is 9.21 Å². The van der Waals surface area contributed by atoms with E-state index in [0.29, 0.717) is 18.9 Å². The number of hydrogen-bond donors (Lipinski definition) is 0. The first-order valence-corrected chi connectivity index (χ1v) is 9.99. The molecule has 0 N–H and O–H groups in total. The van der Waals surface area contributed by atoms with Gasteiger partial charge in [0.25, 0.3) is 0 Å². The highest BCUT2D eigenvalue weighted by Gasteiger charge is 2.31. The zero-order valence-electron chi connectivity index (χ0n) is 15.7. The molecule has 5 heteroatoms. The molecule has 3 heterocycles. The molecule has 1 saturated carbocycles. The molecule has 2 aromatic heterocycles. The van der Waals surface area contributed by atoms with Crippen molar-refractivity contribution in [3.8, 4) is 0 Å². The molecule has 1 fully saturated rings. The Bertz CT molecular complexity index is 981. The molecule has 3 aromatic rings. The maximum Gasteiger partial charge on any atom is 0.227 e. The first-order chi connectivity index (χ1) is 13.2. The van der Waals surface area contributed by atoms with E-state index in [-0.39, 0.29) is 11.9 Å². The molecule has 1 aliphatic carbocycles. The molecule has 1 atom stereocenters. The maximum atomic E-state index is 13.1. The lowest BCUT2D eigenvalue weighted by Crippen LogP contribution is -2.45. The first-order valence-electron chi connectivity index (χ1n) is 9.99. The van der Waals surface area contributed by atoms with Gasteiger partial charge in [0.1, 0.15) is 5.58 Å². The molecule has 0 radical (unpaired) electrons. The molecule has 5 nitrogen and oxygen atoms in total. The summed E-state index contributed by atoms with van der Waals surface area (Å²) in [6, 6.07) is 8.14. The molecule has 1 aromatic carbocycles. The maximum absolute atomic E-state index is 13.1. The van der Waals surface area contributed by atoms with Crippen LogP contribution in [0, 0.1) is 0 Å². The Balaban J connectivity index is 1.37. The minimum Gasteiger partial charge on any atom is -0.464 e. The second kappa shape index (κ2) is 6.55. The minimum absolute atomic E-state index is 0.161. The Hall–Kier alpha value is -2.56. The van der Waals surface area contributed by atoms with Gasteiger partial charge < -0.3 is 9.32 Å². The van der Waals surface area contributed by atoms with Crippen LogP contribution in [0.4, 0.5) is 0 Å². The molecular formula is C22H25N3O2. The van der Waals surface area contributed by atoms with Crippen LogP contribution in [0.2, 0.25) is 0 Å². The number of amides is 1. The third-order valence-electron chi connectivity index (χ3n) is 6.26. The molecule has 5 rings (SSSR count). The number of furan rings is 1. The van der Waals surface area contributed by atoms with Crippen LogP contribution in [-0.2, 0) is 24.3 Å². The smallest absolute Gasteiger partial charge is 0.227 e. The van der Waals surface area contributed by atoms with Crippen molar-refractivity contribution in [1.29, 1.82) is 0 Å². The molecule has 2 aliphatic rings. The lowest BCUT2D eigenvalue weighted by atomic mass is 9.96. The standard InChI is InChI=1S/C22H25N3O2/c1-15-13-25-20(19(12-23-25)17-4-2-3-5-17)14-24(15)22(26)11-16-6-7-18-8-9-27-21(18)10-16/h6-10,12,15,17H,2-5,11,13-14H2,1H3. The summed E-state index contributed by atoms with van der Waals surface area (Å²) >= 11 is 0. The van der Waals surface area contributed by atoms with E-state index in [1.165, 1.54) is 36.9 Å². The lowest BCUT2D eigenvalue weighted by molar-refractivity contribution is -0.134. The van der Waals surface area contributed by atoms with Crippen LogP contribution in [0.25, 0.3) is 11.0 Å². The van der Waals surface area contributed by atoms with Crippen LogP contribution < -0.4 is 0 Å². The van der Waals surface area contributed by atoms with Crippen LogP contribution in [0.15, 0.2) is 41.1 Å². The fourth-order valence-corrected chi connectivity index (χ4v) is 4.72. The molecular weight excluding hydrogens is 338 g/mol. The average Bonchev–Trinajstić information content (AvgIpc) is 3.40. The van der Waals surface area contributed by atoms with Crippen LogP contribution in [0.1, 0.15) is 55.3 Å². The highest BCUT2D eigenvalue weighted by Crippen LogP contribution is 2.37. The predicted molar refractivity (Wildman–Crippen MR) is 103 cm³/mol. The van der Waals surface area contributed by atoms with E-state index in [1.807, 2.05) is 29.2 Å². The number of aromatic nitrogens is 2. The van der Waals surface area contributed by atoms with Gasteiger partial charge in [-0.2, -0.15) is 5.10 Å². The van der Waals surface area contributed by atoms with E-state index in [9.17, 15) is 4.79 Å². The Morgan fingerprint density at radius 2 is 2.11 bits per heavy atom. The van der Waals surface area contributed by atoms with Crippen LogP contribution >= 0.6 is 0 Å². The Morgan fingerprint density at radius 1 is 1.26 bits per heavy atom. The van der Waals surface area contributed by atoms with Gasteiger partial charge >= 0.3 is 0 Å². The van der Waals surface area contributed by atoms with Crippen molar-refractivity contribution in [2.24, 2.45) is 0 Å². The Kier molecular flexibility index (Phi) is 4.03. The molecule has 1 aliphatic heterocycles. The number of rotatable bonds is 3. The highest BCUT2D eigenvalue weighted by molar-refractivity contribution is 5.82. The summed E-state index contributed by atoms with van der Waals surface area (Å²) in [5.74, 6) is 0.804. The highest BCUT2D eigenvalue weighted by atomic mass is 16.3. The van der Waals surface area contributed by atoms with Crippen molar-refractivity contribution in [3.63, 3.8) is 0 Å². The van der Waals surface area contributed by atoms with Crippen molar-refractivity contribution in [2.75, 3.05) is 0 Å². The van der Waals surface area contributed by atoms with Gasteiger partial charge in [-0.1, -0.05) is 25.0 Å². The first kappa shape index (κ1) is 16.6. The number of hydrogen-bond acceptors (Lipinski definition) is 3. The number of nitrogens with zero attached hydrogens (tertiary/aromatic N) is 3. The van der Waals surface area contributed by atoms with Gasteiger partial charge in [0, 0.05) is 11.4 Å². The summed E-state index contributed by atoms with van der Waals surface area (Å²) in [7, 11) is 0. The van der Waals surface area contributed by atoms with Gasteiger partial charge in [-0.15, -0.1) is 0 Å². The van der Waals surface area contributed by atoms with Gasteiger partial charge in [0.05, 0.1) is 37.7 Å². The van der Waals surface area contributed by atoms with Gasteiger partial charge in [-0.3, -0.25) is 9.48 Å². The lowest BCUT2D eigenvalue weighted by Gasteiger charge is -2.35. The third-order valence-corrected chi connectivity index (χ3v) is 6.26. The zero-order chi connectivity index (χ0) is 18.4. The topological polar surface area (TPSA) is 51.3 Å². The second-order valence-corrected chi connectivity index (χ2v) is 8.05. The van der Waals surface area contributed by atoms with E-state index < -0.39 is 0 Å². The zero-order valence-corrected chi connectivity index (χ0v) is 15.7. The minimum atomic E-state index is 0.161. The molecule has 27 heavy (non-hydrogen) atoms. The number of carbonyl (C=O) groups excluding carboxylic acids is 1. The average molecular weight is 363 g/mol. The van der Waals surface area contributed by atoms with Crippen molar-refractivity contribution >= 4 is 16.9 Å². The molecule has 0 spiro atoms. The normalized spacial score (nSPS) is 20.3. The fraction of sp³-hybridized carbons (Fsp3) is 0.455. The molecule has 0 bridgehead atoms. The molecule has 0 saturated heterocycles. The van der Waals surface area contributed by atoms with Crippen molar-refractivity contribution in [3.05, 3.63) is 53.5 Å². The molecule has 1 unspecified atom stereocenters. The fourth-order valence-electron chi connectivity index (χ4n) is 4.72. The van der Waals surface area contributed by atoms with Crippen LogP contribution in [0.3, 0.4) is 0 Å². The monoisotopic (exact) mass is 363 g/mol. The van der Waals surface area contributed by atoms with E-state index >= 15 is 0 Å². The summed E-state index contributed by atoms with van der Waals surface area (Å²) in [6.07, 6.45) is 9.28. The van der Waals surface area contributed by atoms with Crippen LogP contribution in [-0.4, -0.2) is 26.6 Å². The SMILES string of the molecule is CC1Cn2ncc(C3CCCC3)c2CN1C(=O)Cc1ccc2ccoc2c1. The van der Waals surface area contributed by atoms with Crippen LogP contribution in [0.5, 0.6) is 0 Å². The number of fused-ring (bicyclic) bond motifs is 2. The third kappa shape index (κ3) is 2.95. The van der Waals surface area contributed by atoms with E-state index in [1.54, 1.807) is 6.26 Å². The van der Waals surface area contributed by atoms with E-state index in [0.717, 1.165) is 23.1 Å². The van der Waals surface area contributed by atoms with Crippen molar-refractivity contribution in [1.82, 2.24) is 14.7 Å². The summed E-state index contributed by atoms with van der Waals surface area (Å²) in [6.45, 7) is 3.58. The Morgan fingerprint density at radius 3 is 2.96 bits per heavy atom. The summed E-state index contributed by atoms with van der Waals surface area (Å²) in [5, 5.41) is 5.70. The van der Waals surface area contributed by atoms with Gasteiger partial charge in [0.2, 0.25) is 5.91 Å². The molecule has 140 valence electrons. The largest absolute Gasteiger partial charge is 0.464 e. The van der Waals surface area contributed by atoms with E-state index in [2.05, 4.69) is 22.9 Å². The number of carbonyl (C=O) groups is 1. The molecule has 1 amide bonds. The summed E-state index contributed by atoms with van der Waals surface area (Å²) < 4.78 is 7.60. The van der Waals surface area contributed by atoms with Gasteiger partial charge in [0.15, 0.2) is 0 Å². The predicted octanol–water partition coefficient (Wildman–Crippen LogP) is 4.26. The second-order valence-electron chi connectivity index (χ2n) is 8.05. The van der Waals surface area contributed by atoms with Crippen molar-refractivity contribution in [2.45, 2.75) is 64.1 Å².